The number of nitrogens with zero attached hydrogens (tertiary/aromatic N) is 1. The average Bonchev–Trinajstić information content (AvgIpc) is 2.23. The molecule has 0 saturated carbocycles. The molecular weight excluding hydrogens is 190 g/mol. The van der Waals surface area contributed by atoms with Gasteiger partial charge in [0.25, 0.3) is 0 Å². The van der Waals surface area contributed by atoms with Gasteiger partial charge in [0.05, 0.1) is 5.69 Å². The van der Waals surface area contributed by atoms with Gasteiger partial charge in [-0.3, -0.25) is 4.90 Å². The number of carbonyl (C=O) groups excluding carboxylic acids is 1. The second-order valence-electron chi connectivity index (χ2n) is 4.24. The molecule has 15 heavy (non-hydrogen) atoms. The third kappa shape index (κ3) is 1.23. The van der Waals surface area contributed by atoms with Gasteiger partial charge >= 0.3 is 6.09 Å². The molecule has 2 aliphatic heterocycles. The molecule has 2 heterocycles. The summed E-state index contributed by atoms with van der Waals surface area (Å²) in [6.45, 7) is 3.31. The number of ether oxygens (including phenoxy) is 1. The molecular formula is C12H13NO2. The lowest BCUT2D eigenvalue weighted by Crippen LogP contribution is -2.39. The molecule has 2 aliphatic rings. The van der Waals surface area contributed by atoms with Crippen molar-refractivity contribution in [2.75, 3.05) is 11.4 Å². The van der Waals surface area contributed by atoms with Crippen molar-refractivity contribution in [1.29, 1.82) is 0 Å². The zero-order valence-electron chi connectivity index (χ0n) is 8.75. The molecule has 78 valence electrons. The Kier molecular flexibility index (Phi) is 1.75. The molecule has 1 amide bonds. The van der Waals surface area contributed by atoms with Crippen LogP contribution in [0.2, 0.25) is 0 Å². The smallest absolute Gasteiger partial charge is 0.414 e. The van der Waals surface area contributed by atoms with Gasteiger partial charge in [-0.1, -0.05) is 17.7 Å². The Balaban J connectivity index is 2.22. The highest BCUT2D eigenvalue weighted by atomic mass is 16.6. The molecule has 0 spiro atoms. The highest BCUT2D eigenvalue weighted by Gasteiger charge is 2.30. The summed E-state index contributed by atoms with van der Waals surface area (Å²) in [5.41, 5.74) is 4.82. The lowest BCUT2D eigenvalue weighted by Gasteiger charge is -2.34. The molecule has 3 heteroatoms. The number of aryl methyl sites for hydroxylation is 2. The molecule has 0 fully saturated rings. The second kappa shape index (κ2) is 2.99. The van der Waals surface area contributed by atoms with Gasteiger partial charge in [0, 0.05) is 12.1 Å². The van der Waals surface area contributed by atoms with Crippen molar-refractivity contribution in [2.24, 2.45) is 0 Å². The summed E-state index contributed by atoms with van der Waals surface area (Å²) in [5, 5.41) is 0. The first-order valence-electron chi connectivity index (χ1n) is 5.32. The van der Waals surface area contributed by atoms with Gasteiger partial charge in [-0.2, -0.15) is 0 Å². The maximum absolute atomic E-state index is 11.6. The molecule has 0 radical (unpaired) electrons. The van der Waals surface area contributed by atoms with E-state index in [-0.39, 0.29) is 6.09 Å². The van der Waals surface area contributed by atoms with Crippen LogP contribution in [0.25, 0.3) is 0 Å². The predicted molar refractivity (Wildman–Crippen MR) is 57.0 cm³/mol. The number of amides is 1. The van der Waals surface area contributed by atoms with Gasteiger partial charge < -0.3 is 4.74 Å². The van der Waals surface area contributed by atoms with Crippen molar-refractivity contribution in [1.82, 2.24) is 0 Å². The summed E-state index contributed by atoms with van der Waals surface area (Å²) in [5.74, 6) is 0. The van der Waals surface area contributed by atoms with Crippen LogP contribution >= 0.6 is 0 Å². The van der Waals surface area contributed by atoms with E-state index in [0.29, 0.717) is 6.61 Å². The molecule has 0 bridgehead atoms. The van der Waals surface area contributed by atoms with Crippen molar-refractivity contribution in [3.05, 3.63) is 28.8 Å². The van der Waals surface area contributed by atoms with Crippen LogP contribution in [-0.2, 0) is 17.8 Å². The van der Waals surface area contributed by atoms with E-state index < -0.39 is 0 Å². The van der Waals surface area contributed by atoms with Crippen LogP contribution in [0.5, 0.6) is 0 Å². The lowest BCUT2D eigenvalue weighted by atomic mass is 9.95. The van der Waals surface area contributed by atoms with Crippen LogP contribution in [0.4, 0.5) is 10.5 Å². The molecule has 1 aromatic carbocycles. The van der Waals surface area contributed by atoms with Crippen molar-refractivity contribution in [2.45, 2.75) is 26.4 Å². The van der Waals surface area contributed by atoms with E-state index in [1.165, 1.54) is 11.1 Å². The summed E-state index contributed by atoms with van der Waals surface area (Å²) in [6, 6.07) is 4.30. The minimum atomic E-state index is -0.188. The summed E-state index contributed by atoms with van der Waals surface area (Å²) >= 11 is 0. The Morgan fingerprint density at radius 3 is 3.00 bits per heavy atom. The Bertz CT molecular complexity index is 422. The van der Waals surface area contributed by atoms with Crippen molar-refractivity contribution >= 4 is 11.8 Å². The number of anilines is 1. The fourth-order valence-corrected chi connectivity index (χ4v) is 2.52. The van der Waals surface area contributed by atoms with E-state index in [1.807, 2.05) is 0 Å². The van der Waals surface area contributed by atoms with Crippen molar-refractivity contribution < 1.29 is 9.53 Å². The van der Waals surface area contributed by atoms with Crippen LogP contribution in [0.1, 0.15) is 23.1 Å². The van der Waals surface area contributed by atoms with E-state index in [2.05, 4.69) is 19.1 Å². The largest absolute Gasteiger partial charge is 0.444 e. The average molecular weight is 203 g/mol. The second-order valence-corrected chi connectivity index (χ2v) is 4.24. The molecule has 0 N–H and O–H groups in total. The van der Waals surface area contributed by atoms with Gasteiger partial charge in [-0.15, -0.1) is 0 Å². The molecule has 0 aromatic heterocycles. The molecule has 0 atom stereocenters. The Morgan fingerprint density at radius 2 is 2.13 bits per heavy atom. The van der Waals surface area contributed by atoms with Gasteiger partial charge in [0.15, 0.2) is 0 Å². The molecule has 0 saturated heterocycles. The van der Waals surface area contributed by atoms with Gasteiger partial charge in [0.1, 0.15) is 6.61 Å². The Morgan fingerprint density at radius 1 is 1.33 bits per heavy atom. The van der Waals surface area contributed by atoms with E-state index >= 15 is 0 Å². The summed E-state index contributed by atoms with van der Waals surface area (Å²) in [4.78, 5) is 13.3. The standard InChI is InChI=1S/C12H13NO2/c1-8-5-9-3-2-4-13-11(9)10(6-8)7-15-12(13)14/h5-6H,2-4,7H2,1H3. The Labute approximate surface area is 88.6 Å². The topological polar surface area (TPSA) is 29.5 Å². The van der Waals surface area contributed by atoms with Gasteiger partial charge in [-0.05, 0) is 25.3 Å². The zero-order chi connectivity index (χ0) is 10.4. The van der Waals surface area contributed by atoms with Crippen LogP contribution < -0.4 is 4.90 Å². The maximum Gasteiger partial charge on any atom is 0.414 e. The number of rotatable bonds is 0. The molecule has 3 rings (SSSR count). The third-order valence-corrected chi connectivity index (χ3v) is 3.08. The van der Waals surface area contributed by atoms with Crippen molar-refractivity contribution in [3.8, 4) is 0 Å². The van der Waals surface area contributed by atoms with Crippen LogP contribution in [0.15, 0.2) is 12.1 Å². The first kappa shape index (κ1) is 8.77. The van der Waals surface area contributed by atoms with Gasteiger partial charge in [0.2, 0.25) is 0 Å². The zero-order valence-corrected chi connectivity index (χ0v) is 8.75. The minimum absolute atomic E-state index is 0.188. The summed E-state index contributed by atoms with van der Waals surface area (Å²) < 4.78 is 5.14. The predicted octanol–water partition coefficient (Wildman–Crippen LogP) is 2.40. The fourth-order valence-electron chi connectivity index (χ4n) is 2.52. The number of hydrogen-bond acceptors (Lipinski definition) is 2. The normalized spacial score (nSPS) is 18.5. The van der Waals surface area contributed by atoms with Crippen molar-refractivity contribution in [3.63, 3.8) is 0 Å². The minimum Gasteiger partial charge on any atom is -0.444 e. The molecule has 0 unspecified atom stereocenters. The SMILES string of the molecule is Cc1cc2c3c(c1)COC(=O)N3CCC2. The summed E-state index contributed by atoms with van der Waals surface area (Å²) in [6.07, 6.45) is 1.92. The number of cyclic esters (lactones) is 1. The van der Waals surface area contributed by atoms with E-state index in [1.54, 1.807) is 4.90 Å². The molecule has 1 aromatic rings. The van der Waals surface area contributed by atoms with Gasteiger partial charge in [-0.25, -0.2) is 4.79 Å². The number of benzene rings is 1. The summed E-state index contributed by atoms with van der Waals surface area (Å²) in [7, 11) is 0. The molecule has 0 aliphatic carbocycles. The number of carbonyl (C=O) groups is 1. The maximum atomic E-state index is 11.6. The highest BCUT2D eigenvalue weighted by Crippen LogP contribution is 2.35. The first-order valence-corrected chi connectivity index (χ1v) is 5.32. The monoisotopic (exact) mass is 203 g/mol. The highest BCUT2D eigenvalue weighted by molar-refractivity contribution is 5.92. The quantitative estimate of drug-likeness (QED) is 0.648. The van der Waals surface area contributed by atoms with E-state index in [0.717, 1.165) is 30.6 Å². The molecule has 3 nitrogen and oxygen atoms in total. The third-order valence-electron chi connectivity index (χ3n) is 3.08. The van der Waals surface area contributed by atoms with Crippen LogP contribution in [-0.4, -0.2) is 12.6 Å². The fraction of sp³-hybridized carbons (Fsp3) is 0.417. The van der Waals surface area contributed by atoms with E-state index in [9.17, 15) is 4.79 Å². The lowest BCUT2D eigenvalue weighted by molar-refractivity contribution is 0.141. The van der Waals surface area contributed by atoms with Crippen LogP contribution in [0.3, 0.4) is 0 Å². The first-order chi connectivity index (χ1) is 7.25. The Hall–Kier alpha value is -1.51. The van der Waals surface area contributed by atoms with E-state index in [4.69, 9.17) is 4.74 Å². The van der Waals surface area contributed by atoms with Crippen LogP contribution in [0, 0.1) is 6.92 Å². The number of hydrogen-bond donors (Lipinski definition) is 0.